The van der Waals surface area contributed by atoms with Gasteiger partial charge in [-0.1, -0.05) is 103 Å². The van der Waals surface area contributed by atoms with E-state index in [2.05, 4.69) is 6.92 Å². The van der Waals surface area contributed by atoms with Crippen LogP contribution in [0.4, 0.5) is 0 Å². The number of hydrogen-bond donors (Lipinski definition) is 1. The highest BCUT2D eigenvalue weighted by Crippen LogP contribution is 2.13. The third-order valence-electron chi connectivity index (χ3n) is 4.50. The van der Waals surface area contributed by atoms with Crippen LogP contribution in [0, 0.1) is 0 Å². The van der Waals surface area contributed by atoms with Crippen LogP contribution < -0.4 is 0 Å². The Morgan fingerprint density at radius 2 is 0.957 bits per heavy atom. The van der Waals surface area contributed by atoms with E-state index in [0.29, 0.717) is 6.61 Å². The topological polar surface area (TPSA) is 29.5 Å². The Morgan fingerprint density at radius 1 is 0.609 bits per heavy atom. The summed E-state index contributed by atoms with van der Waals surface area (Å²) in [6.07, 6.45) is 22.1. The molecule has 0 aromatic heterocycles. The monoisotopic (exact) mass is 328 g/mol. The molecule has 0 aliphatic rings. The fourth-order valence-corrected chi connectivity index (χ4v) is 3.01. The lowest BCUT2D eigenvalue weighted by Crippen LogP contribution is -2.10. The highest BCUT2D eigenvalue weighted by Gasteiger charge is 1.96. The average Bonchev–Trinajstić information content (AvgIpc) is 2.53. The van der Waals surface area contributed by atoms with E-state index in [9.17, 15) is 0 Å². The van der Waals surface area contributed by atoms with Gasteiger partial charge in [-0.3, -0.25) is 0 Å². The molecule has 0 saturated heterocycles. The molecule has 0 aromatic carbocycles. The smallest absolute Gasteiger partial charge is 0.0745 e. The molecule has 0 aromatic rings. The van der Waals surface area contributed by atoms with E-state index < -0.39 is 0 Å². The zero-order valence-electron chi connectivity index (χ0n) is 16.2. The molecule has 140 valence electrons. The summed E-state index contributed by atoms with van der Waals surface area (Å²) in [5, 5.41) is 9.06. The van der Waals surface area contributed by atoms with Crippen molar-refractivity contribution in [2.24, 2.45) is 0 Å². The fraction of sp³-hybridized carbons (Fsp3) is 1.00. The maximum Gasteiger partial charge on any atom is 0.0745 e. The normalized spacial score (nSPS) is 12.7. The van der Waals surface area contributed by atoms with E-state index in [4.69, 9.17) is 9.84 Å². The van der Waals surface area contributed by atoms with Crippen molar-refractivity contribution in [2.45, 2.75) is 123 Å². The van der Waals surface area contributed by atoms with E-state index >= 15 is 0 Å². The number of aliphatic hydroxyl groups excluding tert-OH is 1. The first kappa shape index (κ1) is 22.9. The quantitative estimate of drug-likeness (QED) is 0.269. The zero-order chi connectivity index (χ0) is 17.0. The second-order valence-electron chi connectivity index (χ2n) is 7.23. The van der Waals surface area contributed by atoms with E-state index in [1.54, 1.807) is 6.92 Å². The van der Waals surface area contributed by atoms with Gasteiger partial charge >= 0.3 is 0 Å². The molecule has 2 nitrogen and oxygen atoms in total. The van der Waals surface area contributed by atoms with Crippen LogP contribution >= 0.6 is 0 Å². The number of hydrogen-bond acceptors (Lipinski definition) is 2. The molecule has 0 saturated carbocycles. The Morgan fingerprint density at radius 3 is 1.30 bits per heavy atom. The summed E-state index contributed by atoms with van der Waals surface area (Å²) in [5.74, 6) is 0. The molecule has 0 amide bonds. The Kier molecular flexibility index (Phi) is 19.9. The van der Waals surface area contributed by atoms with Crippen LogP contribution in [0.3, 0.4) is 0 Å². The summed E-state index contributed by atoms with van der Waals surface area (Å²) >= 11 is 0. The molecule has 0 rings (SSSR count). The molecule has 1 unspecified atom stereocenters. The van der Waals surface area contributed by atoms with Crippen molar-refractivity contribution in [1.82, 2.24) is 0 Å². The molecule has 0 bridgehead atoms. The lowest BCUT2D eigenvalue weighted by atomic mass is 10.0. The summed E-state index contributed by atoms with van der Waals surface area (Å²) in [6, 6.07) is 0. The molecule has 0 aliphatic carbocycles. The van der Waals surface area contributed by atoms with Gasteiger partial charge in [0.05, 0.1) is 12.7 Å². The summed E-state index contributed by atoms with van der Waals surface area (Å²) in [5.41, 5.74) is 0. The molecule has 1 N–H and O–H groups in total. The standard InChI is InChI=1S/C21H44O2/c1-3-4-5-6-7-8-9-10-11-12-13-14-15-16-17-18-19-23-20-21(2)22/h21-22H,3-20H2,1-2H3. The van der Waals surface area contributed by atoms with Crippen LogP contribution in [0.25, 0.3) is 0 Å². The molecule has 1 atom stereocenters. The van der Waals surface area contributed by atoms with Gasteiger partial charge in [-0.05, 0) is 13.3 Å². The van der Waals surface area contributed by atoms with Crippen molar-refractivity contribution in [3.63, 3.8) is 0 Å². The summed E-state index contributed by atoms with van der Waals surface area (Å²) < 4.78 is 5.36. The number of unbranched alkanes of at least 4 members (excludes halogenated alkanes) is 15. The minimum absolute atomic E-state index is 0.323. The van der Waals surface area contributed by atoms with Gasteiger partial charge in [-0.2, -0.15) is 0 Å². The summed E-state index contributed by atoms with van der Waals surface area (Å²) in [7, 11) is 0. The van der Waals surface area contributed by atoms with E-state index in [1.807, 2.05) is 0 Å². The number of rotatable bonds is 19. The fourth-order valence-electron chi connectivity index (χ4n) is 3.01. The third-order valence-corrected chi connectivity index (χ3v) is 4.50. The van der Waals surface area contributed by atoms with E-state index in [-0.39, 0.29) is 6.10 Å². The van der Waals surface area contributed by atoms with Gasteiger partial charge < -0.3 is 9.84 Å². The van der Waals surface area contributed by atoms with Crippen LogP contribution in [0.2, 0.25) is 0 Å². The van der Waals surface area contributed by atoms with Crippen molar-refractivity contribution in [3.8, 4) is 0 Å². The Hall–Kier alpha value is -0.0800. The molecule has 0 fully saturated rings. The third kappa shape index (κ3) is 21.9. The second-order valence-corrected chi connectivity index (χ2v) is 7.23. The van der Waals surface area contributed by atoms with Gasteiger partial charge in [0, 0.05) is 6.61 Å². The predicted molar refractivity (Wildman–Crippen MR) is 102 cm³/mol. The van der Waals surface area contributed by atoms with Crippen molar-refractivity contribution in [1.29, 1.82) is 0 Å². The van der Waals surface area contributed by atoms with Crippen LogP contribution in [-0.4, -0.2) is 24.4 Å². The maximum absolute atomic E-state index is 9.06. The predicted octanol–water partition coefficient (Wildman–Crippen LogP) is 6.65. The van der Waals surface area contributed by atoms with Gasteiger partial charge in [0.2, 0.25) is 0 Å². The highest BCUT2D eigenvalue weighted by molar-refractivity contribution is 4.50. The number of ether oxygens (including phenoxy) is 1. The minimum Gasteiger partial charge on any atom is -0.391 e. The van der Waals surface area contributed by atoms with Gasteiger partial charge in [0.25, 0.3) is 0 Å². The lowest BCUT2D eigenvalue weighted by Gasteiger charge is -2.06. The molecule has 0 radical (unpaired) electrons. The maximum atomic E-state index is 9.06. The Balaban J connectivity index is 2.95. The number of aliphatic hydroxyl groups is 1. The van der Waals surface area contributed by atoms with Crippen molar-refractivity contribution in [2.75, 3.05) is 13.2 Å². The van der Waals surface area contributed by atoms with Gasteiger partial charge in [0.1, 0.15) is 0 Å². The van der Waals surface area contributed by atoms with E-state index in [1.165, 1.54) is 96.3 Å². The van der Waals surface area contributed by atoms with Gasteiger partial charge in [0.15, 0.2) is 0 Å². The first-order valence-corrected chi connectivity index (χ1v) is 10.5. The molecule has 0 aliphatic heterocycles. The molecular formula is C21H44O2. The highest BCUT2D eigenvalue weighted by atomic mass is 16.5. The molecule has 23 heavy (non-hydrogen) atoms. The molecule has 2 heteroatoms. The van der Waals surface area contributed by atoms with Crippen LogP contribution in [0.5, 0.6) is 0 Å². The molecule has 0 heterocycles. The second kappa shape index (κ2) is 20.0. The van der Waals surface area contributed by atoms with Crippen LogP contribution in [0.15, 0.2) is 0 Å². The summed E-state index contributed by atoms with van der Waals surface area (Å²) in [4.78, 5) is 0. The van der Waals surface area contributed by atoms with Gasteiger partial charge in [-0.15, -0.1) is 0 Å². The largest absolute Gasteiger partial charge is 0.391 e. The van der Waals surface area contributed by atoms with Crippen molar-refractivity contribution >= 4 is 0 Å². The van der Waals surface area contributed by atoms with Crippen molar-refractivity contribution < 1.29 is 9.84 Å². The molecule has 0 spiro atoms. The average molecular weight is 329 g/mol. The lowest BCUT2D eigenvalue weighted by molar-refractivity contribution is 0.0445. The van der Waals surface area contributed by atoms with Crippen LogP contribution in [-0.2, 0) is 4.74 Å². The first-order chi connectivity index (χ1) is 11.3. The Bertz CT molecular complexity index is 204. The van der Waals surface area contributed by atoms with Gasteiger partial charge in [-0.25, -0.2) is 0 Å². The SMILES string of the molecule is CCCCCCCCCCCCCCCCCCOCC(C)O. The first-order valence-electron chi connectivity index (χ1n) is 10.5. The minimum atomic E-state index is -0.323. The summed E-state index contributed by atoms with van der Waals surface area (Å²) in [6.45, 7) is 5.35. The van der Waals surface area contributed by atoms with Crippen LogP contribution in [0.1, 0.15) is 117 Å². The Labute approximate surface area is 146 Å². The molecular weight excluding hydrogens is 284 g/mol. The zero-order valence-corrected chi connectivity index (χ0v) is 16.2. The van der Waals surface area contributed by atoms with E-state index in [0.717, 1.165) is 13.0 Å². The van der Waals surface area contributed by atoms with Crippen molar-refractivity contribution in [3.05, 3.63) is 0 Å².